The Labute approximate surface area is 151 Å². The molecule has 0 amide bonds. The van der Waals surface area contributed by atoms with Crippen LogP contribution in [0.15, 0.2) is 34.0 Å². The highest BCUT2D eigenvalue weighted by Gasteiger charge is 2.19. The van der Waals surface area contributed by atoms with Crippen molar-refractivity contribution in [2.45, 2.75) is 45.9 Å². The van der Waals surface area contributed by atoms with E-state index in [2.05, 4.69) is 21.7 Å². The number of carbonyl (C=O) groups is 1. The normalized spacial score (nSPS) is 11.2. The third-order valence-corrected chi connectivity index (χ3v) is 5.26. The van der Waals surface area contributed by atoms with Gasteiger partial charge in [-0.1, -0.05) is 11.8 Å². The molecule has 0 aliphatic rings. The van der Waals surface area contributed by atoms with Gasteiger partial charge < -0.3 is 8.98 Å². The Balaban J connectivity index is 1.77. The number of Topliss-reactive ketones (excluding diaryl/α,β-unsaturated/α-hetero) is 1. The predicted octanol–water partition coefficient (Wildman–Crippen LogP) is 3.97. The summed E-state index contributed by atoms with van der Waals surface area (Å²) in [6.07, 6.45) is 1.61. The molecule has 0 spiro atoms. The molecule has 0 N–H and O–H groups in total. The van der Waals surface area contributed by atoms with Crippen LogP contribution in [0.3, 0.4) is 0 Å². The summed E-state index contributed by atoms with van der Waals surface area (Å²) in [6, 6.07) is 5.65. The molecule has 25 heavy (non-hydrogen) atoms. The van der Waals surface area contributed by atoms with E-state index in [4.69, 9.17) is 4.42 Å². The van der Waals surface area contributed by atoms with Gasteiger partial charge in [-0.2, -0.15) is 0 Å². The van der Waals surface area contributed by atoms with Gasteiger partial charge in [-0.25, -0.2) is 0 Å². The van der Waals surface area contributed by atoms with Gasteiger partial charge in [-0.15, -0.1) is 10.2 Å². The average Bonchev–Trinajstić information content (AvgIpc) is 3.31. The lowest BCUT2D eigenvalue weighted by Gasteiger charge is -2.06. The summed E-state index contributed by atoms with van der Waals surface area (Å²) in [7, 11) is 0. The van der Waals surface area contributed by atoms with Gasteiger partial charge in [-0.05, 0) is 45.9 Å². The van der Waals surface area contributed by atoms with E-state index in [-0.39, 0.29) is 5.78 Å². The van der Waals surface area contributed by atoms with E-state index < -0.39 is 0 Å². The first-order valence-electron chi connectivity index (χ1n) is 8.36. The number of furan rings is 1. The fraction of sp³-hybridized carbons (Fsp3) is 0.389. The van der Waals surface area contributed by atoms with Crippen LogP contribution in [0.25, 0.3) is 11.6 Å². The Morgan fingerprint density at radius 3 is 2.56 bits per heavy atom. The number of carbonyl (C=O) groups excluding carboxylic acids is 1. The van der Waals surface area contributed by atoms with Gasteiger partial charge in [-0.3, -0.25) is 9.36 Å². The maximum Gasteiger partial charge on any atom is 0.200 e. The first kappa shape index (κ1) is 17.5. The van der Waals surface area contributed by atoms with Gasteiger partial charge in [0.25, 0.3) is 0 Å². The Bertz CT molecular complexity index is 877. The summed E-state index contributed by atoms with van der Waals surface area (Å²) in [4.78, 5) is 12.6. The number of rotatable bonds is 7. The van der Waals surface area contributed by atoms with Crippen LogP contribution in [-0.2, 0) is 13.1 Å². The van der Waals surface area contributed by atoms with Gasteiger partial charge in [0.05, 0.1) is 12.0 Å². The third kappa shape index (κ3) is 3.28. The molecule has 3 aromatic heterocycles. The first-order chi connectivity index (χ1) is 12.1. The van der Waals surface area contributed by atoms with Crippen LogP contribution in [-0.4, -0.2) is 30.9 Å². The van der Waals surface area contributed by atoms with Gasteiger partial charge in [0.2, 0.25) is 0 Å². The monoisotopic (exact) mass is 358 g/mol. The van der Waals surface area contributed by atoms with Crippen molar-refractivity contribution in [2.75, 3.05) is 5.75 Å². The minimum atomic E-state index is 0.114. The summed E-state index contributed by atoms with van der Waals surface area (Å²) >= 11 is 1.41. The standard InChI is InChI=1S/C18H22N4O2S/c1-5-21-12(3)10-14(13(21)4)15(23)11-25-18-20-19-17(22(18)6-2)16-8-7-9-24-16/h7-10H,5-6,11H2,1-4H3. The lowest BCUT2D eigenvalue weighted by molar-refractivity contribution is 0.102. The molecule has 3 aromatic rings. The molecule has 0 aliphatic carbocycles. The highest BCUT2D eigenvalue weighted by molar-refractivity contribution is 7.99. The SMILES string of the molecule is CCn1c(SCC(=O)c2cc(C)n(CC)c2C)nnc1-c1ccco1. The summed E-state index contributed by atoms with van der Waals surface area (Å²) in [6.45, 7) is 9.72. The molecular weight excluding hydrogens is 336 g/mol. The van der Waals surface area contributed by atoms with Crippen LogP contribution < -0.4 is 0 Å². The molecule has 132 valence electrons. The zero-order chi connectivity index (χ0) is 18.0. The van der Waals surface area contributed by atoms with Crippen molar-refractivity contribution in [1.82, 2.24) is 19.3 Å². The molecule has 0 saturated carbocycles. The molecule has 0 radical (unpaired) electrons. The summed E-state index contributed by atoms with van der Waals surface area (Å²) in [5.74, 6) is 1.82. The highest BCUT2D eigenvalue weighted by atomic mass is 32.2. The van der Waals surface area contributed by atoms with E-state index in [9.17, 15) is 4.79 Å². The summed E-state index contributed by atoms with van der Waals surface area (Å²) in [5, 5.41) is 9.17. The molecule has 3 heterocycles. The van der Waals surface area contributed by atoms with Crippen LogP contribution in [0.2, 0.25) is 0 Å². The fourth-order valence-corrected chi connectivity index (χ4v) is 3.93. The van der Waals surface area contributed by atoms with Crippen molar-refractivity contribution < 1.29 is 9.21 Å². The Morgan fingerprint density at radius 2 is 1.96 bits per heavy atom. The molecule has 0 unspecified atom stereocenters. The quantitative estimate of drug-likeness (QED) is 0.472. The van der Waals surface area contributed by atoms with Crippen LogP contribution >= 0.6 is 11.8 Å². The van der Waals surface area contributed by atoms with Gasteiger partial charge in [0, 0.05) is 30.0 Å². The van der Waals surface area contributed by atoms with E-state index >= 15 is 0 Å². The predicted molar refractivity (Wildman–Crippen MR) is 98.0 cm³/mol. The van der Waals surface area contributed by atoms with Crippen molar-refractivity contribution in [3.05, 3.63) is 41.4 Å². The summed E-state index contributed by atoms with van der Waals surface area (Å²) in [5.41, 5.74) is 2.93. The maximum absolute atomic E-state index is 12.6. The largest absolute Gasteiger partial charge is 0.461 e. The smallest absolute Gasteiger partial charge is 0.200 e. The molecule has 0 saturated heterocycles. The summed E-state index contributed by atoms with van der Waals surface area (Å²) < 4.78 is 9.53. The van der Waals surface area contributed by atoms with E-state index in [1.807, 2.05) is 43.5 Å². The van der Waals surface area contributed by atoms with Crippen molar-refractivity contribution in [2.24, 2.45) is 0 Å². The topological polar surface area (TPSA) is 65.8 Å². The third-order valence-electron chi connectivity index (χ3n) is 4.30. The molecular formula is C18H22N4O2S. The molecule has 3 rings (SSSR count). The Hall–Kier alpha value is -2.28. The molecule has 0 atom stereocenters. The van der Waals surface area contributed by atoms with Gasteiger partial charge in [0.1, 0.15) is 0 Å². The minimum absolute atomic E-state index is 0.114. The van der Waals surface area contributed by atoms with E-state index in [1.54, 1.807) is 6.26 Å². The minimum Gasteiger partial charge on any atom is -0.461 e. The second kappa shape index (κ2) is 7.31. The molecule has 6 nitrogen and oxygen atoms in total. The van der Waals surface area contributed by atoms with E-state index in [0.29, 0.717) is 23.9 Å². The van der Waals surface area contributed by atoms with Gasteiger partial charge in [0.15, 0.2) is 22.5 Å². The van der Waals surface area contributed by atoms with Crippen LogP contribution in [0, 0.1) is 13.8 Å². The second-order valence-electron chi connectivity index (χ2n) is 5.77. The average molecular weight is 358 g/mol. The Morgan fingerprint density at radius 1 is 1.20 bits per heavy atom. The zero-order valence-electron chi connectivity index (χ0n) is 14.9. The highest BCUT2D eigenvalue weighted by Crippen LogP contribution is 2.25. The Kier molecular flexibility index (Phi) is 5.13. The van der Waals surface area contributed by atoms with Crippen molar-refractivity contribution in [3.63, 3.8) is 0 Å². The van der Waals surface area contributed by atoms with Crippen LogP contribution in [0.5, 0.6) is 0 Å². The molecule has 0 aromatic carbocycles. The maximum atomic E-state index is 12.6. The molecule has 7 heteroatoms. The van der Waals surface area contributed by atoms with E-state index in [0.717, 1.165) is 28.7 Å². The van der Waals surface area contributed by atoms with Gasteiger partial charge >= 0.3 is 0 Å². The number of ketones is 1. The molecule has 0 fully saturated rings. The lowest BCUT2D eigenvalue weighted by Crippen LogP contribution is -2.07. The second-order valence-corrected chi connectivity index (χ2v) is 6.71. The van der Waals surface area contributed by atoms with Crippen LogP contribution in [0.1, 0.15) is 35.6 Å². The number of hydrogen-bond donors (Lipinski definition) is 0. The lowest BCUT2D eigenvalue weighted by atomic mass is 10.2. The zero-order valence-corrected chi connectivity index (χ0v) is 15.8. The fourth-order valence-electron chi connectivity index (χ4n) is 3.05. The number of aromatic nitrogens is 4. The van der Waals surface area contributed by atoms with Crippen molar-refractivity contribution >= 4 is 17.5 Å². The molecule has 0 bridgehead atoms. The number of hydrogen-bond acceptors (Lipinski definition) is 5. The van der Waals surface area contributed by atoms with E-state index in [1.165, 1.54) is 11.8 Å². The number of nitrogens with zero attached hydrogens (tertiary/aromatic N) is 4. The molecule has 0 aliphatic heterocycles. The number of thioether (sulfide) groups is 1. The first-order valence-corrected chi connectivity index (χ1v) is 9.35. The van der Waals surface area contributed by atoms with Crippen LogP contribution in [0.4, 0.5) is 0 Å². The van der Waals surface area contributed by atoms with Crippen molar-refractivity contribution in [1.29, 1.82) is 0 Å². The number of aryl methyl sites for hydroxylation is 1. The van der Waals surface area contributed by atoms with Crippen molar-refractivity contribution in [3.8, 4) is 11.6 Å².